The number of nitrogens with zero attached hydrogens (tertiary/aromatic N) is 9. The summed E-state index contributed by atoms with van der Waals surface area (Å²) in [7, 11) is -7.85. The van der Waals surface area contributed by atoms with Crippen molar-refractivity contribution in [3.05, 3.63) is 131 Å². The molecule has 7 aromatic rings. The number of sulfonamides is 2. The third-order valence-electron chi connectivity index (χ3n) is 13.3. The van der Waals surface area contributed by atoms with Gasteiger partial charge in [0.2, 0.25) is 31.6 Å². The van der Waals surface area contributed by atoms with Crippen molar-refractivity contribution in [1.29, 1.82) is 0 Å². The van der Waals surface area contributed by atoms with Gasteiger partial charge in [-0.2, -0.15) is 9.10 Å². The van der Waals surface area contributed by atoms with Gasteiger partial charge in [0.25, 0.3) is 0 Å². The van der Waals surface area contributed by atoms with Gasteiger partial charge in [-0.3, -0.25) is 4.40 Å². The maximum atomic E-state index is 16.3. The van der Waals surface area contributed by atoms with Crippen molar-refractivity contribution in [2.75, 3.05) is 45.9 Å². The number of ether oxygens (including phenoxy) is 3. The third kappa shape index (κ3) is 11.8. The number of carbonyl (C=O) groups is 1. The van der Waals surface area contributed by atoms with Gasteiger partial charge in [0, 0.05) is 57.2 Å². The molecule has 1 aliphatic heterocycles. The van der Waals surface area contributed by atoms with Crippen molar-refractivity contribution >= 4 is 45.9 Å². The average molecular weight is 1070 g/mol. The van der Waals surface area contributed by atoms with Gasteiger partial charge in [-0.25, -0.2) is 36.3 Å². The molecule has 0 saturated heterocycles. The number of anilines is 1. The Kier molecular flexibility index (Phi) is 15.8. The van der Waals surface area contributed by atoms with Gasteiger partial charge in [0.05, 0.1) is 57.5 Å². The summed E-state index contributed by atoms with van der Waals surface area (Å²) in [6.45, 7) is 9.55. The van der Waals surface area contributed by atoms with Crippen LogP contribution >= 0.6 is 0 Å². The summed E-state index contributed by atoms with van der Waals surface area (Å²) < 4.78 is 91.8. The van der Waals surface area contributed by atoms with E-state index in [1.54, 1.807) is 86.1 Å². The van der Waals surface area contributed by atoms with E-state index in [1.807, 2.05) is 61.5 Å². The van der Waals surface area contributed by atoms with Crippen LogP contribution in [-0.2, 0) is 57.1 Å². The molecular weight excluding hydrogens is 1010 g/mol. The molecule has 21 nitrogen and oxygen atoms in total. The lowest BCUT2D eigenvalue weighted by Gasteiger charge is -2.39. The number of methoxy groups -OCH3 is 3. The molecular formula is C50H61N11O10S2Si. The monoisotopic (exact) mass is 1070 g/mol. The van der Waals surface area contributed by atoms with Crippen LogP contribution in [0.25, 0.3) is 17.2 Å². The molecule has 0 radical (unpaired) electrons. The highest BCUT2D eigenvalue weighted by Gasteiger charge is 2.42. The number of nitrogens with one attached hydrogen (secondary N) is 2. The Hall–Kier alpha value is -6.96. The Morgan fingerprint density at radius 3 is 2.00 bits per heavy atom. The molecule has 24 heteroatoms. The predicted molar refractivity (Wildman–Crippen MR) is 279 cm³/mol. The van der Waals surface area contributed by atoms with E-state index in [4.69, 9.17) is 28.7 Å². The molecule has 0 spiro atoms. The van der Waals surface area contributed by atoms with Gasteiger partial charge < -0.3 is 34.0 Å². The van der Waals surface area contributed by atoms with E-state index in [1.165, 1.54) is 29.4 Å². The summed E-state index contributed by atoms with van der Waals surface area (Å²) in [4.78, 5) is 23.1. The number of hydrogen-bond donors (Lipinski definition) is 3. The van der Waals surface area contributed by atoms with Crippen molar-refractivity contribution < 1.29 is 45.4 Å². The van der Waals surface area contributed by atoms with E-state index in [0.717, 1.165) is 17.0 Å². The van der Waals surface area contributed by atoms with Gasteiger partial charge in [-0.1, -0.05) is 57.2 Å². The highest BCUT2D eigenvalue weighted by atomic mass is 32.2. The van der Waals surface area contributed by atoms with E-state index >= 15 is 16.8 Å². The van der Waals surface area contributed by atoms with Gasteiger partial charge in [-0.15, -0.1) is 10.2 Å². The summed E-state index contributed by atoms with van der Waals surface area (Å²) in [6, 6.07) is 25.7. The van der Waals surface area contributed by atoms with Crippen molar-refractivity contribution in [3.63, 3.8) is 0 Å². The highest BCUT2D eigenvalue weighted by molar-refractivity contribution is 7.92. The lowest BCUT2D eigenvalue weighted by Crippen LogP contribution is -2.50. The summed E-state index contributed by atoms with van der Waals surface area (Å²) in [5, 5.41) is 25.3. The van der Waals surface area contributed by atoms with Crippen molar-refractivity contribution in [2.24, 2.45) is 0 Å². The first-order valence-corrected chi connectivity index (χ1v) is 29.6. The van der Waals surface area contributed by atoms with Crippen LogP contribution in [0.15, 0.2) is 113 Å². The minimum Gasteiger partial charge on any atom is -0.497 e. The Balaban J connectivity index is 1.34. The maximum Gasteiger partial charge on any atom is 0.404 e. The number of fused-ring (bicyclic) bond motifs is 3. The minimum atomic E-state index is -4.98. The Bertz CT molecular complexity index is 3280. The molecule has 4 aromatic carbocycles. The molecule has 3 N–H and O–H groups in total. The van der Waals surface area contributed by atoms with Gasteiger partial charge >= 0.3 is 6.09 Å². The van der Waals surface area contributed by atoms with Crippen LogP contribution in [0.1, 0.15) is 48.8 Å². The zero-order valence-electron chi connectivity index (χ0n) is 42.5. The topological polar surface area (TPSA) is 247 Å². The van der Waals surface area contributed by atoms with E-state index in [-0.39, 0.29) is 49.1 Å². The first-order chi connectivity index (χ1) is 35.2. The second-order valence-electron chi connectivity index (χ2n) is 19.3. The molecule has 4 heterocycles. The fourth-order valence-corrected chi connectivity index (χ4v) is 13.1. The zero-order chi connectivity index (χ0) is 53.0. The fourth-order valence-electron chi connectivity index (χ4n) is 8.31. The van der Waals surface area contributed by atoms with E-state index in [2.05, 4.69) is 25.3 Å². The molecule has 1 amide bonds. The standard InChI is InChI=1S/C50H61N11O10S2Si/c1-50(2,3)74(7,8)71-40(28-52-49(62)63)29-53-72(64,65)44-23-22-42(58-27-24-41-43(33-58)60-26-9-25-51-48(60)54-41)45(47-55-57-61(56-47)32-36-14-20-39(70-6)21-15-36)46(44)73(66,67)59(30-34-10-16-37(68-4)17-11-34)31-35-12-18-38(69-5)19-13-35/h9-23,25-26,40,52-53H,24,27-33H2,1-8H3,(H,62,63)/t40-/m1/s1. The highest BCUT2D eigenvalue weighted by Crippen LogP contribution is 2.43. The first-order valence-electron chi connectivity index (χ1n) is 23.7. The van der Waals surface area contributed by atoms with Crippen LogP contribution < -0.4 is 29.1 Å². The Morgan fingerprint density at radius 2 is 1.43 bits per heavy atom. The summed E-state index contributed by atoms with van der Waals surface area (Å²) >= 11 is 0. The molecule has 3 aromatic heterocycles. The number of benzene rings is 4. The summed E-state index contributed by atoms with van der Waals surface area (Å²) in [5.74, 6) is 2.09. The van der Waals surface area contributed by atoms with E-state index in [0.29, 0.717) is 52.8 Å². The number of carboxylic acid groups (broad SMARTS) is 1. The van der Waals surface area contributed by atoms with Gasteiger partial charge in [-0.05, 0) is 94.6 Å². The quantitative estimate of drug-likeness (QED) is 0.0664. The van der Waals surface area contributed by atoms with Crippen molar-refractivity contribution in [1.82, 2.24) is 48.9 Å². The van der Waals surface area contributed by atoms with E-state index < -0.39 is 56.9 Å². The number of hydrogen-bond acceptors (Lipinski definition) is 15. The molecule has 1 aliphatic rings. The van der Waals surface area contributed by atoms with Crippen LogP contribution in [-0.4, -0.2) is 122 Å². The molecule has 0 bridgehead atoms. The number of tetrazole rings is 1. The number of imidazole rings is 1. The van der Waals surface area contributed by atoms with E-state index in [9.17, 15) is 9.90 Å². The third-order valence-corrected chi connectivity index (χ3v) is 21.3. The van der Waals surface area contributed by atoms with Gasteiger partial charge in [0.1, 0.15) is 27.0 Å². The Labute approximate surface area is 431 Å². The van der Waals surface area contributed by atoms with Crippen molar-refractivity contribution in [2.45, 2.75) is 87.4 Å². The van der Waals surface area contributed by atoms with Crippen LogP contribution in [0, 0.1) is 0 Å². The summed E-state index contributed by atoms with van der Waals surface area (Å²) in [5.41, 5.74) is 3.77. The predicted octanol–water partition coefficient (Wildman–Crippen LogP) is 6.35. The maximum absolute atomic E-state index is 16.3. The van der Waals surface area contributed by atoms with Crippen molar-refractivity contribution in [3.8, 4) is 28.6 Å². The number of rotatable bonds is 21. The average Bonchev–Trinajstić information content (AvgIpc) is 4.01. The van der Waals surface area contributed by atoms with Crippen LogP contribution in [0.2, 0.25) is 18.1 Å². The molecule has 1 atom stereocenters. The second-order valence-corrected chi connectivity index (χ2v) is 27.6. The van der Waals surface area contributed by atoms with Crippen LogP contribution in [0.4, 0.5) is 10.5 Å². The minimum absolute atomic E-state index is 0.111. The molecule has 8 rings (SSSR count). The Morgan fingerprint density at radius 1 is 0.838 bits per heavy atom. The smallest absolute Gasteiger partial charge is 0.404 e. The normalized spacial score (nSPS) is 13.7. The number of aromatic nitrogens is 7. The molecule has 392 valence electrons. The SMILES string of the molecule is COc1ccc(CN(Cc2ccc(OC)cc2)S(=O)(=O)c2c(S(=O)(=O)NC[C@@H](CNC(=O)O)O[Si](C)(C)C(C)(C)C)ccc(N3CCc4nc5ncccn5c4C3)c2-c2nnn(Cc3ccc(OC)cc3)n2)cc1. The van der Waals surface area contributed by atoms with Crippen LogP contribution in [0.5, 0.6) is 17.2 Å². The van der Waals surface area contributed by atoms with Gasteiger partial charge in [0.15, 0.2) is 8.32 Å². The van der Waals surface area contributed by atoms with Crippen LogP contribution in [0.3, 0.4) is 0 Å². The molecule has 0 fully saturated rings. The lowest BCUT2D eigenvalue weighted by molar-refractivity contribution is 0.163. The largest absolute Gasteiger partial charge is 0.497 e. The zero-order valence-corrected chi connectivity index (χ0v) is 45.1. The second kappa shape index (κ2) is 21.9. The lowest BCUT2D eigenvalue weighted by atomic mass is 10.1. The fraction of sp³-hybridized carbons (Fsp3) is 0.360. The molecule has 74 heavy (non-hydrogen) atoms. The summed E-state index contributed by atoms with van der Waals surface area (Å²) in [6.07, 6.45) is 1.65. The molecule has 0 saturated carbocycles. The molecule has 0 aliphatic carbocycles. The number of amides is 1. The molecule has 0 unspecified atom stereocenters. The first kappa shape index (κ1) is 53.3.